The molecule has 0 saturated carbocycles. The average Bonchev–Trinajstić information content (AvgIpc) is 2.81. The van der Waals surface area contributed by atoms with Crippen molar-refractivity contribution in [3.8, 4) is 5.75 Å². The van der Waals surface area contributed by atoms with E-state index in [1.807, 2.05) is 30.3 Å². The van der Waals surface area contributed by atoms with Crippen LogP contribution in [0.4, 0.5) is 20.6 Å². The molecule has 7 heteroatoms. The third-order valence-corrected chi connectivity index (χ3v) is 5.36. The number of anilines is 2. The second-order valence-corrected chi connectivity index (χ2v) is 7.54. The summed E-state index contributed by atoms with van der Waals surface area (Å²) in [5, 5.41) is 2.81. The lowest BCUT2D eigenvalue weighted by molar-refractivity contribution is 0.102. The van der Waals surface area contributed by atoms with E-state index >= 15 is 0 Å². The van der Waals surface area contributed by atoms with Gasteiger partial charge in [-0.1, -0.05) is 36.4 Å². The van der Waals surface area contributed by atoms with Crippen LogP contribution in [0.5, 0.6) is 5.75 Å². The molecule has 164 valence electrons. The number of rotatable bonds is 6. The highest BCUT2D eigenvalue weighted by Crippen LogP contribution is 2.33. The van der Waals surface area contributed by atoms with Crippen LogP contribution in [0.15, 0.2) is 72.8 Å². The first kappa shape index (κ1) is 21.4. The first-order valence-corrected chi connectivity index (χ1v) is 10.4. The van der Waals surface area contributed by atoms with Crippen LogP contribution < -0.4 is 15.0 Å². The molecule has 1 heterocycles. The van der Waals surface area contributed by atoms with Gasteiger partial charge in [-0.2, -0.15) is 0 Å². The van der Waals surface area contributed by atoms with Gasteiger partial charge in [0.2, 0.25) is 0 Å². The number of methoxy groups -OCH3 is 1. The summed E-state index contributed by atoms with van der Waals surface area (Å²) in [5.74, 6) is -0.426. The molecule has 32 heavy (non-hydrogen) atoms. The fourth-order valence-electron chi connectivity index (χ4n) is 3.76. The van der Waals surface area contributed by atoms with Gasteiger partial charge in [-0.15, -0.1) is 0 Å². The number of nitrogens with one attached hydrogen (secondary N) is 1. The summed E-state index contributed by atoms with van der Waals surface area (Å²) in [7, 11) is 1.53. The van der Waals surface area contributed by atoms with Crippen molar-refractivity contribution < 1.29 is 18.7 Å². The molecule has 0 unspecified atom stereocenters. The molecule has 1 aliphatic heterocycles. The second kappa shape index (κ2) is 9.51. The number of benzene rings is 3. The first-order valence-electron chi connectivity index (χ1n) is 10.4. The van der Waals surface area contributed by atoms with Gasteiger partial charge in [0, 0.05) is 31.3 Å². The summed E-state index contributed by atoms with van der Waals surface area (Å²) in [6, 6.07) is 20.3. The van der Waals surface area contributed by atoms with Crippen LogP contribution in [-0.2, 0) is 6.54 Å². The molecule has 3 amide bonds. The average molecular weight is 433 g/mol. The number of carbonyl (C=O) groups excluding carboxylic acids is 2. The first-order chi connectivity index (χ1) is 15.5. The van der Waals surface area contributed by atoms with Crippen LogP contribution in [0.2, 0.25) is 0 Å². The lowest BCUT2D eigenvalue weighted by Crippen LogP contribution is -2.49. The molecule has 1 saturated heterocycles. The van der Waals surface area contributed by atoms with Crippen LogP contribution in [-0.4, -0.2) is 37.0 Å². The van der Waals surface area contributed by atoms with Gasteiger partial charge in [0.15, 0.2) is 0 Å². The van der Waals surface area contributed by atoms with E-state index < -0.39 is 11.7 Å². The SMILES string of the molecule is COc1ccc(N2CCCN(Cc3ccccc3)C2=O)c(NC(=O)c2cccc(F)c2)c1. The van der Waals surface area contributed by atoms with Gasteiger partial charge in [0.25, 0.3) is 5.91 Å². The van der Waals surface area contributed by atoms with Crippen molar-refractivity contribution in [3.05, 3.63) is 89.7 Å². The molecular weight excluding hydrogens is 409 g/mol. The molecule has 4 rings (SSSR count). The van der Waals surface area contributed by atoms with Gasteiger partial charge in [0.05, 0.1) is 18.5 Å². The van der Waals surface area contributed by atoms with Gasteiger partial charge in [-0.3, -0.25) is 9.69 Å². The van der Waals surface area contributed by atoms with Crippen LogP contribution in [0, 0.1) is 5.82 Å². The third-order valence-electron chi connectivity index (χ3n) is 5.36. The molecular formula is C25H24FN3O3. The maximum atomic E-state index is 13.6. The quantitative estimate of drug-likeness (QED) is 0.600. The van der Waals surface area contributed by atoms with E-state index in [9.17, 15) is 14.0 Å². The van der Waals surface area contributed by atoms with E-state index in [-0.39, 0.29) is 11.6 Å². The number of carbonyl (C=O) groups is 2. The number of urea groups is 1. The van der Waals surface area contributed by atoms with E-state index in [0.29, 0.717) is 36.8 Å². The summed E-state index contributed by atoms with van der Waals surface area (Å²) in [5.41, 5.74) is 2.23. The predicted molar refractivity (Wildman–Crippen MR) is 122 cm³/mol. The highest BCUT2D eigenvalue weighted by atomic mass is 19.1. The lowest BCUT2D eigenvalue weighted by atomic mass is 10.1. The molecule has 1 aliphatic rings. The van der Waals surface area contributed by atoms with Gasteiger partial charge < -0.3 is 15.0 Å². The Morgan fingerprint density at radius 3 is 2.59 bits per heavy atom. The van der Waals surface area contributed by atoms with E-state index in [2.05, 4.69) is 5.32 Å². The Kier molecular flexibility index (Phi) is 6.35. The normalized spacial score (nSPS) is 13.8. The monoisotopic (exact) mass is 433 g/mol. The smallest absolute Gasteiger partial charge is 0.324 e. The molecule has 0 aromatic heterocycles. The molecule has 0 radical (unpaired) electrons. The Hall–Kier alpha value is -3.87. The number of ether oxygens (including phenoxy) is 1. The molecule has 0 bridgehead atoms. The summed E-state index contributed by atoms with van der Waals surface area (Å²) in [4.78, 5) is 29.5. The minimum atomic E-state index is -0.494. The van der Waals surface area contributed by atoms with Crippen molar-refractivity contribution in [3.63, 3.8) is 0 Å². The molecule has 6 nitrogen and oxygen atoms in total. The fraction of sp³-hybridized carbons (Fsp3) is 0.200. The summed E-state index contributed by atoms with van der Waals surface area (Å²) in [6.45, 7) is 1.70. The Bertz CT molecular complexity index is 1120. The van der Waals surface area contributed by atoms with Crippen molar-refractivity contribution in [2.45, 2.75) is 13.0 Å². The molecule has 3 aromatic rings. The Morgan fingerprint density at radius 1 is 1.03 bits per heavy atom. The number of halogens is 1. The summed E-state index contributed by atoms with van der Waals surface area (Å²) in [6.07, 6.45) is 0.794. The molecule has 3 aromatic carbocycles. The summed E-state index contributed by atoms with van der Waals surface area (Å²) >= 11 is 0. The Labute approximate surface area is 186 Å². The zero-order valence-electron chi connectivity index (χ0n) is 17.8. The van der Waals surface area contributed by atoms with Gasteiger partial charge in [-0.25, -0.2) is 9.18 Å². The van der Waals surface area contributed by atoms with Crippen LogP contribution >= 0.6 is 0 Å². The summed E-state index contributed by atoms with van der Waals surface area (Å²) < 4.78 is 18.9. The standard InChI is InChI=1S/C25H24FN3O3/c1-32-21-11-12-23(22(16-21)27-24(30)19-9-5-10-20(26)15-19)29-14-6-13-28(25(29)31)17-18-7-3-2-4-8-18/h2-5,7-12,15-16H,6,13-14,17H2,1H3,(H,27,30). The van der Waals surface area contributed by atoms with Crippen LogP contribution in [0.25, 0.3) is 0 Å². The number of nitrogens with zero attached hydrogens (tertiary/aromatic N) is 2. The molecule has 1 fully saturated rings. The largest absolute Gasteiger partial charge is 0.497 e. The van der Waals surface area contributed by atoms with Gasteiger partial charge in [-0.05, 0) is 42.3 Å². The molecule has 0 atom stereocenters. The number of hydrogen-bond acceptors (Lipinski definition) is 3. The zero-order chi connectivity index (χ0) is 22.5. The Balaban J connectivity index is 1.60. The van der Waals surface area contributed by atoms with Gasteiger partial charge >= 0.3 is 6.03 Å². The molecule has 0 spiro atoms. The van der Waals surface area contributed by atoms with Crippen molar-refractivity contribution >= 4 is 23.3 Å². The third kappa shape index (κ3) is 4.72. The highest BCUT2D eigenvalue weighted by molar-refractivity contribution is 6.07. The maximum absolute atomic E-state index is 13.6. The number of hydrogen-bond donors (Lipinski definition) is 1. The van der Waals surface area contributed by atoms with E-state index in [1.165, 1.54) is 31.4 Å². The van der Waals surface area contributed by atoms with Crippen molar-refractivity contribution in [2.75, 3.05) is 30.4 Å². The van der Waals surface area contributed by atoms with E-state index in [1.54, 1.807) is 28.0 Å². The van der Waals surface area contributed by atoms with E-state index in [0.717, 1.165) is 12.0 Å². The van der Waals surface area contributed by atoms with Crippen molar-refractivity contribution in [2.24, 2.45) is 0 Å². The van der Waals surface area contributed by atoms with Crippen molar-refractivity contribution in [1.29, 1.82) is 0 Å². The molecule has 0 aliphatic carbocycles. The molecule has 1 N–H and O–H groups in total. The topological polar surface area (TPSA) is 61.9 Å². The lowest BCUT2D eigenvalue weighted by Gasteiger charge is -2.36. The second-order valence-electron chi connectivity index (χ2n) is 7.54. The predicted octanol–water partition coefficient (Wildman–Crippen LogP) is 4.92. The van der Waals surface area contributed by atoms with Crippen LogP contribution in [0.3, 0.4) is 0 Å². The maximum Gasteiger partial charge on any atom is 0.324 e. The van der Waals surface area contributed by atoms with E-state index in [4.69, 9.17) is 4.74 Å². The van der Waals surface area contributed by atoms with Crippen LogP contribution in [0.1, 0.15) is 22.3 Å². The fourth-order valence-corrected chi connectivity index (χ4v) is 3.76. The van der Waals surface area contributed by atoms with Crippen molar-refractivity contribution in [1.82, 2.24) is 4.90 Å². The highest BCUT2D eigenvalue weighted by Gasteiger charge is 2.29. The minimum absolute atomic E-state index is 0.133. The zero-order valence-corrected chi connectivity index (χ0v) is 17.8. The van der Waals surface area contributed by atoms with Gasteiger partial charge in [0.1, 0.15) is 11.6 Å². The minimum Gasteiger partial charge on any atom is -0.497 e. The Morgan fingerprint density at radius 2 is 1.84 bits per heavy atom. The number of amides is 3.